The molecule has 0 heterocycles. The first-order valence-electron chi connectivity index (χ1n) is 11.3. The number of hydrogen-bond donors (Lipinski definition) is 0. The van der Waals surface area contributed by atoms with Gasteiger partial charge in [0.2, 0.25) is 0 Å². The first-order valence-corrected chi connectivity index (χ1v) is 11.3. The molecule has 178 valence electrons. The van der Waals surface area contributed by atoms with Crippen LogP contribution >= 0.6 is 0 Å². The highest BCUT2D eigenvalue weighted by molar-refractivity contribution is 5.74. The molecule has 0 saturated heterocycles. The van der Waals surface area contributed by atoms with Crippen molar-refractivity contribution in [2.24, 2.45) is 5.92 Å². The van der Waals surface area contributed by atoms with Crippen molar-refractivity contribution in [3.05, 3.63) is 0 Å². The van der Waals surface area contributed by atoms with Crippen LogP contribution in [0.2, 0.25) is 0 Å². The first kappa shape index (κ1) is 28.8. The second kappa shape index (κ2) is 22.5. The number of esters is 2. The molecule has 0 spiro atoms. The third kappa shape index (κ3) is 18.8. The van der Waals surface area contributed by atoms with Crippen LogP contribution in [0.15, 0.2) is 0 Å². The zero-order valence-corrected chi connectivity index (χ0v) is 19.2. The molecule has 0 aromatic heterocycles. The molecule has 8 heteroatoms. The zero-order valence-electron chi connectivity index (χ0n) is 19.2. The van der Waals surface area contributed by atoms with Gasteiger partial charge >= 0.3 is 11.9 Å². The predicted molar refractivity (Wildman–Crippen MR) is 113 cm³/mol. The monoisotopic (exact) mass is 434 g/mol. The Morgan fingerprint density at radius 1 is 0.567 bits per heavy atom. The molecule has 1 atom stereocenters. The summed E-state index contributed by atoms with van der Waals surface area (Å²) >= 11 is 0. The van der Waals surface area contributed by atoms with E-state index in [0.29, 0.717) is 52.5 Å². The highest BCUT2D eigenvalue weighted by atomic mass is 16.6. The standard InChI is InChI=1S/C22H42O8/c1-4-7-20(22(24)30-19-17-28-15-13-26-11-6-3)8-9-21(23)29-18-16-27-14-12-25-10-5-2/h20H,4-19H2,1-3H3. The van der Waals surface area contributed by atoms with Crippen LogP contribution in [0.4, 0.5) is 0 Å². The summed E-state index contributed by atoms with van der Waals surface area (Å²) in [5.41, 5.74) is 0. The molecular formula is C22H42O8. The van der Waals surface area contributed by atoms with Gasteiger partial charge in [0, 0.05) is 19.6 Å². The van der Waals surface area contributed by atoms with Crippen LogP contribution in [0.5, 0.6) is 0 Å². The van der Waals surface area contributed by atoms with E-state index >= 15 is 0 Å². The molecule has 0 aromatic rings. The maximum absolute atomic E-state index is 12.2. The molecule has 0 aliphatic heterocycles. The fourth-order valence-corrected chi connectivity index (χ4v) is 2.56. The topological polar surface area (TPSA) is 89.5 Å². The van der Waals surface area contributed by atoms with Gasteiger partial charge in [0.15, 0.2) is 0 Å². The van der Waals surface area contributed by atoms with E-state index in [1.807, 2.05) is 20.8 Å². The molecule has 0 N–H and O–H groups in total. The van der Waals surface area contributed by atoms with Crippen molar-refractivity contribution < 1.29 is 38.0 Å². The minimum atomic E-state index is -0.329. The van der Waals surface area contributed by atoms with Crippen molar-refractivity contribution in [3.63, 3.8) is 0 Å². The molecule has 0 bridgehead atoms. The molecule has 0 aromatic carbocycles. The van der Waals surface area contributed by atoms with E-state index < -0.39 is 0 Å². The van der Waals surface area contributed by atoms with Crippen molar-refractivity contribution in [1.82, 2.24) is 0 Å². The van der Waals surface area contributed by atoms with E-state index in [1.165, 1.54) is 0 Å². The summed E-state index contributed by atoms with van der Waals surface area (Å²) in [5.74, 6) is -0.918. The molecular weight excluding hydrogens is 392 g/mol. The molecule has 0 rings (SSSR count). The molecule has 0 saturated carbocycles. The summed E-state index contributed by atoms with van der Waals surface area (Å²) < 4.78 is 31.7. The number of carbonyl (C=O) groups is 2. The maximum Gasteiger partial charge on any atom is 0.309 e. The molecule has 1 unspecified atom stereocenters. The predicted octanol–water partition coefficient (Wildman–Crippen LogP) is 3.16. The Morgan fingerprint density at radius 2 is 1.03 bits per heavy atom. The Morgan fingerprint density at radius 3 is 1.53 bits per heavy atom. The minimum absolute atomic E-state index is 0.185. The summed E-state index contributed by atoms with van der Waals surface area (Å²) in [6.45, 7) is 10.7. The number of hydrogen-bond acceptors (Lipinski definition) is 8. The van der Waals surface area contributed by atoms with E-state index in [0.717, 1.165) is 32.5 Å². The maximum atomic E-state index is 12.2. The summed E-state index contributed by atoms with van der Waals surface area (Å²) in [6, 6.07) is 0. The van der Waals surface area contributed by atoms with Crippen LogP contribution in [0.1, 0.15) is 59.3 Å². The lowest BCUT2D eigenvalue weighted by atomic mass is 9.98. The molecule has 0 amide bonds. The van der Waals surface area contributed by atoms with Crippen LogP contribution < -0.4 is 0 Å². The Bertz CT molecular complexity index is 403. The van der Waals surface area contributed by atoms with Crippen LogP contribution in [0.3, 0.4) is 0 Å². The third-order valence-corrected chi connectivity index (χ3v) is 4.07. The highest BCUT2D eigenvalue weighted by Gasteiger charge is 2.20. The number of ether oxygens (including phenoxy) is 6. The highest BCUT2D eigenvalue weighted by Crippen LogP contribution is 2.16. The third-order valence-electron chi connectivity index (χ3n) is 4.07. The minimum Gasteiger partial charge on any atom is -0.463 e. The molecule has 0 aliphatic rings. The lowest BCUT2D eigenvalue weighted by Crippen LogP contribution is -2.22. The van der Waals surface area contributed by atoms with Crippen molar-refractivity contribution in [3.8, 4) is 0 Å². The van der Waals surface area contributed by atoms with Gasteiger partial charge in [-0.1, -0.05) is 27.2 Å². The lowest BCUT2D eigenvalue weighted by Gasteiger charge is -2.15. The van der Waals surface area contributed by atoms with Crippen molar-refractivity contribution >= 4 is 11.9 Å². The van der Waals surface area contributed by atoms with Gasteiger partial charge in [-0.2, -0.15) is 0 Å². The second-order valence-corrected chi connectivity index (χ2v) is 6.86. The molecule has 30 heavy (non-hydrogen) atoms. The van der Waals surface area contributed by atoms with Gasteiger partial charge in [-0.15, -0.1) is 0 Å². The number of carbonyl (C=O) groups excluding carboxylic acids is 2. The van der Waals surface area contributed by atoms with Gasteiger partial charge in [0.25, 0.3) is 0 Å². The Hall–Kier alpha value is -1.22. The van der Waals surface area contributed by atoms with Crippen molar-refractivity contribution in [2.45, 2.75) is 59.3 Å². The Balaban J connectivity index is 3.80. The molecule has 8 nitrogen and oxygen atoms in total. The average molecular weight is 435 g/mol. The van der Waals surface area contributed by atoms with Crippen LogP contribution in [-0.2, 0) is 38.0 Å². The normalized spacial score (nSPS) is 12.0. The first-order chi connectivity index (χ1) is 14.7. The van der Waals surface area contributed by atoms with E-state index in [4.69, 9.17) is 28.4 Å². The van der Waals surface area contributed by atoms with Gasteiger partial charge < -0.3 is 28.4 Å². The summed E-state index contributed by atoms with van der Waals surface area (Å²) in [4.78, 5) is 24.1. The quantitative estimate of drug-likeness (QED) is 0.190. The Labute approximate surface area is 181 Å². The van der Waals surface area contributed by atoms with E-state index in [1.54, 1.807) is 0 Å². The van der Waals surface area contributed by atoms with Crippen LogP contribution in [0.25, 0.3) is 0 Å². The molecule has 0 aliphatic carbocycles. The largest absolute Gasteiger partial charge is 0.463 e. The van der Waals surface area contributed by atoms with Crippen molar-refractivity contribution in [2.75, 3.05) is 66.1 Å². The fourth-order valence-electron chi connectivity index (χ4n) is 2.56. The molecule has 0 fully saturated rings. The van der Waals surface area contributed by atoms with E-state index in [-0.39, 0.29) is 37.5 Å². The summed E-state index contributed by atoms with van der Waals surface area (Å²) in [6.07, 6.45) is 4.08. The van der Waals surface area contributed by atoms with Gasteiger partial charge in [-0.05, 0) is 25.7 Å². The Kier molecular flexibility index (Phi) is 21.6. The second-order valence-electron chi connectivity index (χ2n) is 6.86. The fraction of sp³-hybridized carbons (Fsp3) is 0.909. The summed E-state index contributed by atoms with van der Waals surface area (Å²) in [7, 11) is 0. The number of rotatable bonds is 22. The zero-order chi connectivity index (χ0) is 22.3. The van der Waals surface area contributed by atoms with Crippen molar-refractivity contribution in [1.29, 1.82) is 0 Å². The smallest absolute Gasteiger partial charge is 0.309 e. The van der Waals surface area contributed by atoms with E-state index in [9.17, 15) is 9.59 Å². The van der Waals surface area contributed by atoms with Gasteiger partial charge in [-0.25, -0.2) is 0 Å². The van der Waals surface area contributed by atoms with Crippen LogP contribution in [-0.4, -0.2) is 78.0 Å². The van der Waals surface area contributed by atoms with E-state index in [2.05, 4.69) is 0 Å². The van der Waals surface area contributed by atoms with Gasteiger partial charge in [-0.3, -0.25) is 9.59 Å². The van der Waals surface area contributed by atoms with Gasteiger partial charge in [0.05, 0.1) is 45.6 Å². The lowest BCUT2D eigenvalue weighted by molar-refractivity contribution is -0.151. The summed E-state index contributed by atoms with van der Waals surface area (Å²) in [5, 5.41) is 0. The van der Waals surface area contributed by atoms with Crippen LogP contribution in [0, 0.1) is 5.92 Å². The average Bonchev–Trinajstić information content (AvgIpc) is 2.74. The van der Waals surface area contributed by atoms with Gasteiger partial charge in [0.1, 0.15) is 13.2 Å². The SMILES string of the molecule is CCCOCCOCCOC(=O)CCC(CCC)C(=O)OCCOCCOCCC. The molecule has 0 radical (unpaired) electrons.